The van der Waals surface area contributed by atoms with E-state index in [9.17, 15) is 0 Å². The third-order valence-electron chi connectivity index (χ3n) is 3.72. The number of aromatic nitrogens is 1. The van der Waals surface area contributed by atoms with E-state index in [4.69, 9.17) is 10.5 Å². The summed E-state index contributed by atoms with van der Waals surface area (Å²) >= 11 is 0. The largest absolute Gasteiger partial charge is 0.490 e. The Morgan fingerprint density at radius 3 is 2.84 bits per heavy atom. The van der Waals surface area contributed by atoms with Crippen LogP contribution in [0.25, 0.3) is 10.9 Å². The van der Waals surface area contributed by atoms with E-state index in [1.807, 2.05) is 24.3 Å². The molecule has 1 aliphatic rings. The molecule has 1 aromatic heterocycles. The Balaban J connectivity index is 1.87. The van der Waals surface area contributed by atoms with Crippen LogP contribution in [0.2, 0.25) is 0 Å². The lowest BCUT2D eigenvalue weighted by Crippen LogP contribution is -2.35. The average molecular weight is 257 g/mol. The number of anilines is 1. The molecule has 4 heteroatoms. The van der Waals surface area contributed by atoms with Crippen LogP contribution in [0.4, 0.5) is 5.69 Å². The summed E-state index contributed by atoms with van der Waals surface area (Å²) in [6.07, 6.45) is 4.20. The summed E-state index contributed by atoms with van der Waals surface area (Å²) in [4.78, 5) is 6.67. The number of nitrogens with zero attached hydrogens (tertiary/aromatic N) is 2. The monoisotopic (exact) mass is 257 g/mol. The summed E-state index contributed by atoms with van der Waals surface area (Å²) in [5.74, 6) is 0.895. The lowest BCUT2D eigenvalue weighted by molar-refractivity contribution is 0.116. The summed E-state index contributed by atoms with van der Waals surface area (Å²) < 4.78 is 6.15. The van der Waals surface area contributed by atoms with Crippen LogP contribution < -0.4 is 10.5 Å². The number of pyridine rings is 1. The smallest absolute Gasteiger partial charge is 0.129 e. The van der Waals surface area contributed by atoms with Gasteiger partial charge in [0.1, 0.15) is 11.9 Å². The van der Waals surface area contributed by atoms with Gasteiger partial charge in [-0.3, -0.25) is 4.98 Å². The number of rotatable bonds is 2. The summed E-state index contributed by atoms with van der Waals surface area (Å²) in [6, 6.07) is 7.77. The summed E-state index contributed by atoms with van der Waals surface area (Å²) in [5.41, 5.74) is 7.48. The fourth-order valence-electron chi connectivity index (χ4n) is 2.55. The van der Waals surface area contributed by atoms with Crippen LogP contribution in [-0.2, 0) is 0 Å². The average Bonchev–Trinajstić information content (AvgIpc) is 2.45. The minimum absolute atomic E-state index is 0.295. The second-order valence-electron chi connectivity index (χ2n) is 5.17. The van der Waals surface area contributed by atoms with Crippen molar-refractivity contribution in [1.82, 2.24) is 9.88 Å². The van der Waals surface area contributed by atoms with Crippen LogP contribution in [0.3, 0.4) is 0 Å². The van der Waals surface area contributed by atoms with E-state index in [-0.39, 0.29) is 0 Å². The third-order valence-corrected chi connectivity index (χ3v) is 3.72. The number of hydrogen-bond donors (Lipinski definition) is 1. The van der Waals surface area contributed by atoms with Gasteiger partial charge in [-0.2, -0.15) is 0 Å². The Labute approximate surface area is 113 Å². The third kappa shape index (κ3) is 2.49. The number of piperidine rings is 1. The summed E-state index contributed by atoms with van der Waals surface area (Å²) in [7, 11) is 2.15. The first-order valence-corrected chi connectivity index (χ1v) is 6.72. The van der Waals surface area contributed by atoms with Crippen molar-refractivity contribution in [3.63, 3.8) is 0 Å². The molecule has 0 radical (unpaired) electrons. The molecule has 4 nitrogen and oxygen atoms in total. The van der Waals surface area contributed by atoms with Gasteiger partial charge in [-0.25, -0.2) is 0 Å². The van der Waals surface area contributed by atoms with Crippen molar-refractivity contribution in [3.05, 3.63) is 30.5 Å². The minimum atomic E-state index is 0.295. The van der Waals surface area contributed by atoms with Gasteiger partial charge < -0.3 is 15.4 Å². The Morgan fingerprint density at radius 2 is 2.05 bits per heavy atom. The summed E-state index contributed by atoms with van der Waals surface area (Å²) in [5, 5.41) is 1.00. The van der Waals surface area contributed by atoms with Gasteiger partial charge in [-0.1, -0.05) is 0 Å². The first kappa shape index (κ1) is 12.2. The maximum absolute atomic E-state index is 6.15. The van der Waals surface area contributed by atoms with Crippen molar-refractivity contribution in [3.8, 4) is 5.75 Å². The number of benzene rings is 1. The first-order chi connectivity index (χ1) is 9.24. The number of nitrogens with two attached hydrogens (primary N) is 1. The predicted octanol–water partition coefficient (Wildman–Crippen LogP) is 2.29. The van der Waals surface area contributed by atoms with Crippen LogP contribution in [0.15, 0.2) is 30.5 Å². The minimum Gasteiger partial charge on any atom is -0.490 e. The topological polar surface area (TPSA) is 51.4 Å². The van der Waals surface area contributed by atoms with Gasteiger partial charge in [0, 0.05) is 24.7 Å². The van der Waals surface area contributed by atoms with Crippen molar-refractivity contribution < 1.29 is 4.74 Å². The molecule has 100 valence electrons. The van der Waals surface area contributed by atoms with E-state index in [0.717, 1.165) is 42.6 Å². The number of hydrogen-bond acceptors (Lipinski definition) is 4. The van der Waals surface area contributed by atoms with E-state index in [1.165, 1.54) is 0 Å². The Kier molecular flexibility index (Phi) is 3.25. The maximum Gasteiger partial charge on any atom is 0.129 e. The van der Waals surface area contributed by atoms with Crippen molar-refractivity contribution in [1.29, 1.82) is 0 Å². The molecule has 0 saturated carbocycles. The zero-order valence-electron chi connectivity index (χ0n) is 11.2. The molecule has 0 bridgehead atoms. The number of ether oxygens (including phenoxy) is 1. The van der Waals surface area contributed by atoms with Crippen LogP contribution in [0, 0.1) is 0 Å². The normalized spacial score (nSPS) is 17.7. The van der Waals surface area contributed by atoms with Crippen LogP contribution >= 0.6 is 0 Å². The van der Waals surface area contributed by atoms with E-state index < -0.39 is 0 Å². The van der Waals surface area contributed by atoms with Crippen LogP contribution in [0.5, 0.6) is 5.75 Å². The second-order valence-corrected chi connectivity index (χ2v) is 5.17. The van der Waals surface area contributed by atoms with E-state index in [2.05, 4.69) is 16.9 Å². The number of nitrogen functional groups attached to an aromatic ring is 1. The van der Waals surface area contributed by atoms with Gasteiger partial charge in [0.15, 0.2) is 0 Å². The van der Waals surface area contributed by atoms with Gasteiger partial charge in [0.2, 0.25) is 0 Å². The van der Waals surface area contributed by atoms with Crippen molar-refractivity contribution in [2.24, 2.45) is 0 Å². The molecule has 0 spiro atoms. The fourth-order valence-corrected chi connectivity index (χ4v) is 2.55. The van der Waals surface area contributed by atoms with Gasteiger partial charge in [0.25, 0.3) is 0 Å². The lowest BCUT2D eigenvalue weighted by Gasteiger charge is -2.29. The van der Waals surface area contributed by atoms with Crippen molar-refractivity contribution in [2.75, 3.05) is 25.9 Å². The molecule has 1 fully saturated rings. The molecule has 3 rings (SSSR count). The number of likely N-dealkylation sites (tertiary alicyclic amines) is 1. The molecule has 0 atom stereocenters. The Bertz CT molecular complexity index is 577. The lowest BCUT2D eigenvalue weighted by atomic mass is 10.1. The first-order valence-electron chi connectivity index (χ1n) is 6.72. The standard InChI is InChI=1S/C15H19N3O/c1-18-9-6-11(7-10-18)19-14-5-4-13(16)15-12(14)3-2-8-17-15/h2-5,8,11H,6-7,9-10,16H2,1H3. The van der Waals surface area contributed by atoms with E-state index >= 15 is 0 Å². The summed E-state index contributed by atoms with van der Waals surface area (Å²) in [6.45, 7) is 2.19. The highest BCUT2D eigenvalue weighted by atomic mass is 16.5. The van der Waals surface area contributed by atoms with Crippen molar-refractivity contribution >= 4 is 16.6 Å². The highest BCUT2D eigenvalue weighted by Crippen LogP contribution is 2.30. The quantitative estimate of drug-likeness (QED) is 0.839. The van der Waals surface area contributed by atoms with Crippen LogP contribution in [-0.4, -0.2) is 36.1 Å². The van der Waals surface area contributed by atoms with Gasteiger partial charge in [-0.05, 0) is 44.2 Å². The van der Waals surface area contributed by atoms with Gasteiger partial charge in [0.05, 0.1) is 11.2 Å². The molecule has 0 unspecified atom stereocenters. The number of fused-ring (bicyclic) bond motifs is 1. The maximum atomic E-state index is 6.15. The molecule has 0 amide bonds. The molecule has 0 aliphatic carbocycles. The molecule has 2 aromatic rings. The predicted molar refractivity (Wildman–Crippen MR) is 77.3 cm³/mol. The second kappa shape index (κ2) is 5.05. The fraction of sp³-hybridized carbons (Fsp3) is 0.400. The molecule has 2 N–H and O–H groups in total. The molecular formula is C15H19N3O. The van der Waals surface area contributed by atoms with Gasteiger partial charge >= 0.3 is 0 Å². The molecule has 1 saturated heterocycles. The highest BCUT2D eigenvalue weighted by molar-refractivity contribution is 5.93. The van der Waals surface area contributed by atoms with E-state index in [1.54, 1.807) is 6.20 Å². The zero-order valence-corrected chi connectivity index (χ0v) is 11.2. The zero-order chi connectivity index (χ0) is 13.2. The molecule has 2 heterocycles. The van der Waals surface area contributed by atoms with Crippen LogP contribution in [0.1, 0.15) is 12.8 Å². The molecule has 19 heavy (non-hydrogen) atoms. The molecule has 1 aliphatic heterocycles. The highest BCUT2D eigenvalue weighted by Gasteiger charge is 2.19. The Hall–Kier alpha value is -1.81. The van der Waals surface area contributed by atoms with E-state index in [0.29, 0.717) is 11.8 Å². The van der Waals surface area contributed by atoms with Gasteiger partial charge in [-0.15, -0.1) is 0 Å². The molecule has 1 aromatic carbocycles. The SMILES string of the molecule is CN1CCC(Oc2ccc(N)c3ncccc23)CC1. The Morgan fingerprint density at radius 1 is 1.26 bits per heavy atom. The van der Waals surface area contributed by atoms with Crippen molar-refractivity contribution in [2.45, 2.75) is 18.9 Å². The molecular weight excluding hydrogens is 238 g/mol.